The number of anilines is 1. The van der Waals surface area contributed by atoms with Gasteiger partial charge >= 0.3 is 0 Å². The van der Waals surface area contributed by atoms with Gasteiger partial charge < -0.3 is 4.90 Å². The molecule has 0 saturated carbocycles. The Kier molecular flexibility index (Phi) is 4.11. The second-order valence-corrected chi connectivity index (χ2v) is 6.52. The van der Waals surface area contributed by atoms with Crippen molar-refractivity contribution in [2.75, 3.05) is 18.0 Å². The lowest BCUT2D eigenvalue weighted by molar-refractivity contribution is 0.505. The molecule has 0 radical (unpaired) electrons. The molecule has 0 spiro atoms. The molecular weight excluding hydrogens is 310 g/mol. The van der Waals surface area contributed by atoms with Crippen LogP contribution in [0.25, 0.3) is 0 Å². The number of para-hydroxylation sites is 1. The van der Waals surface area contributed by atoms with Gasteiger partial charge in [-0.15, -0.1) is 0 Å². The third-order valence-corrected chi connectivity index (χ3v) is 4.82. The molecule has 1 aliphatic rings. The van der Waals surface area contributed by atoms with Crippen LogP contribution < -0.4 is 4.90 Å². The van der Waals surface area contributed by atoms with E-state index in [-0.39, 0.29) is 0 Å². The molecular formula is C18H20BrN. The fourth-order valence-corrected chi connectivity index (χ4v) is 3.37. The molecule has 0 aromatic heterocycles. The van der Waals surface area contributed by atoms with E-state index in [9.17, 15) is 0 Å². The molecule has 1 nitrogen and oxygen atoms in total. The van der Waals surface area contributed by atoms with E-state index in [1.165, 1.54) is 34.1 Å². The Bertz CT molecular complexity index is 568. The Balaban J connectivity index is 1.68. The average Bonchev–Trinajstić information content (AvgIpc) is 2.49. The summed E-state index contributed by atoms with van der Waals surface area (Å²) in [6.07, 6.45) is 2.49. The molecule has 0 bridgehead atoms. The van der Waals surface area contributed by atoms with Crippen LogP contribution >= 0.6 is 15.9 Å². The fraction of sp³-hybridized carbons (Fsp3) is 0.333. The van der Waals surface area contributed by atoms with E-state index in [0.717, 1.165) is 13.1 Å². The molecule has 1 aliphatic heterocycles. The standard InChI is InChI=1S/C18H20BrN/c1-14-4-2-3-5-18(14)20-12-10-16(11-13-20)15-6-8-17(19)9-7-15/h2-9,16H,10-13H2,1H3. The van der Waals surface area contributed by atoms with Crippen molar-refractivity contribution in [3.05, 3.63) is 64.1 Å². The lowest BCUT2D eigenvalue weighted by Gasteiger charge is -2.34. The number of nitrogens with zero attached hydrogens (tertiary/aromatic N) is 1. The van der Waals surface area contributed by atoms with Crippen molar-refractivity contribution in [1.82, 2.24) is 0 Å². The summed E-state index contributed by atoms with van der Waals surface area (Å²) in [5.74, 6) is 0.711. The highest BCUT2D eigenvalue weighted by atomic mass is 79.9. The minimum absolute atomic E-state index is 0.711. The van der Waals surface area contributed by atoms with Crippen molar-refractivity contribution in [3.63, 3.8) is 0 Å². The van der Waals surface area contributed by atoms with E-state index in [1.54, 1.807) is 0 Å². The summed E-state index contributed by atoms with van der Waals surface area (Å²) in [5, 5.41) is 0. The predicted octanol–water partition coefficient (Wildman–Crippen LogP) is 5.14. The number of halogens is 1. The highest BCUT2D eigenvalue weighted by Crippen LogP contribution is 2.32. The van der Waals surface area contributed by atoms with Crippen LogP contribution in [0.5, 0.6) is 0 Å². The lowest BCUT2D eigenvalue weighted by Crippen LogP contribution is -2.33. The van der Waals surface area contributed by atoms with Gasteiger partial charge in [0.05, 0.1) is 0 Å². The van der Waals surface area contributed by atoms with Crippen LogP contribution in [0, 0.1) is 6.92 Å². The summed E-state index contributed by atoms with van der Waals surface area (Å²) in [6, 6.07) is 17.5. The predicted molar refractivity (Wildman–Crippen MR) is 89.5 cm³/mol. The van der Waals surface area contributed by atoms with Crippen molar-refractivity contribution < 1.29 is 0 Å². The van der Waals surface area contributed by atoms with E-state index < -0.39 is 0 Å². The van der Waals surface area contributed by atoms with Crippen LogP contribution in [0.4, 0.5) is 5.69 Å². The first kappa shape index (κ1) is 13.7. The van der Waals surface area contributed by atoms with E-state index in [2.05, 4.69) is 76.3 Å². The summed E-state index contributed by atoms with van der Waals surface area (Å²) in [7, 11) is 0. The number of hydrogen-bond acceptors (Lipinski definition) is 1. The largest absolute Gasteiger partial charge is 0.371 e. The lowest BCUT2D eigenvalue weighted by atomic mass is 9.89. The van der Waals surface area contributed by atoms with Crippen LogP contribution in [-0.4, -0.2) is 13.1 Å². The second-order valence-electron chi connectivity index (χ2n) is 5.60. The van der Waals surface area contributed by atoms with Gasteiger partial charge in [-0.3, -0.25) is 0 Å². The molecule has 20 heavy (non-hydrogen) atoms. The minimum atomic E-state index is 0.711. The van der Waals surface area contributed by atoms with Crippen LogP contribution in [-0.2, 0) is 0 Å². The first-order valence-electron chi connectivity index (χ1n) is 7.30. The summed E-state index contributed by atoms with van der Waals surface area (Å²) in [4.78, 5) is 2.53. The first-order chi connectivity index (χ1) is 9.74. The van der Waals surface area contributed by atoms with Gasteiger partial charge in [-0.25, -0.2) is 0 Å². The summed E-state index contributed by atoms with van der Waals surface area (Å²) in [5.41, 5.74) is 4.27. The Morgan fingerprint density at radius 2 is 1.60 bits per heavy atom. The van der Waals surface area contributed by atoms with Gasteiger partial charge in [-0.1, -0.05) is 46.3 Å². The summed E-state index contributed by atoms with van der Waals surface area (Å²) < 4.78 is 1.17. The normalized spacial score (nSPS) is 16.4. The molecule has 0 aliphatic carbocycles. The van der Waals surface area contributed by atoms with E-state index in [1.807, 2.05) is 0 Å². The maximum absolute atomic E-state index is 3.51. The van der Waals surface area contributed by atoms with Crippen molar-refractivity contribution in [3.8, 4) is 0 Å². The average molecular weight is 330 g/mol. The van der Waals surface area contributed by atoms with Crippen molar-refractivity contribution in [2.24, 2.45) is 0 Å². The molecule has 0 N–H and O–H groups in total. The molecule has 1 heterocycles. The van der Waals surface area contributed by atoms with Gasteiger partial charge in [-0.2, -0.15) is 0 Å². The minimum Gasteiger partial charge on any atom is -0.371 e. The molecule has 104 valence electrons. The van der Waals surface area contributed by atoms with Gasteiger partial charge in [0.2, 0.25) is 0 Å². The Hall–Kier alpha value is -1.28. The van der Waals surface area contributed by atoms with Gasteiger partial charge in [0, 0.05) is 23.2 Å². The number of hydrogen-bond donors (Lipinski definition) is 0. The van der Waals surface area contributed by atoms with Crippen LogP contribution in [0.1, 0.15) is 29.9 Å². The van der Waals surface area contributed by atoms with Crippen LogP contribution in [0.3, 0.4) is 0 Å². The Labute approximate surface area is 129 Å². The number of rotatable bonds is 2. The topological polar surface area (TPSA) is 3.24 Å². The monoisotopic (exact) mass is 329 g/mol. The maximum atomic E-state index is 3.51. The Morgan fingerprint density at radius 3 is 2.25 bits per heavy atom. The second kappa shape index (κ2) is 6.01. The van der Waals surface area contributed by atoms with Crippen LogP contribution in [0.15, 0.2) is 53.0 Å². The molecule has 0 amide bonds. The number of aryl methyl sites for hydroxylation is 1. The molecule has 1 saturated heterocycles. The first-order valence-corrected chi connectivity index (χ1v) is 8.09. The highest BCUT2D eigenvalue weighted by molar-refractivity contribution is 9.10. The highest BCUT2D eigenvalue weighted by Gasteiger charge is 2.21. The quantitative estimate of drug-likeness (QED) is 0.737. The molecule has 0 unspecified atom stereocenters. The SMILES string of the molecule is Cc1ccccc1N1CCC(c2ccc(Br)cc2)CC1. The number of piperidine rings is 1. The van der Waals surface area contributed by atoms with Crippen molar-refractivity contribution in [1.29, 1.82) is 0 Å². The zero-order chi connectivity index (χ0) is 13.9. The third-order valence-electron chi connectivity index (χ3n) is 4.29. The zero-order valence-corrected chi connectivity index (χ0v) is 13.4. The fourth-order valence-electron chi connectivity index (χ4n) is 3.11. The molecule has 2 heteroatoms. The maximum Gasteiger partial charge on any atom is 0.0395 e. The van der Waals surface area contributed by atoms with E-state index in [4.69, 9.17) is 0 Å². The summed E-state index contributed by atoms with van der Waals surface area (Å²) >= 11 is 3.51. The van der Waals surface area contributed by atoms with Gasteiger partial charge in [0.1, 0.15) is 0 Å². The zero-order valence-electron chi connectivity index (χ0n) is 11.8. The molecule has 2 aromatic carbocycles. The molecule has 3 rings (SSSR count). The van der Waals surface area contributed by atoms with Crippen molar-refractivity contribution in [2.45, 2.75) is 25.7 Å². The summed E-state index contributed by atoms with van der Waals surface area (Å²) in [6.45, 7) is 4.52. The van der Waals surface area contributed by atoms with E-state index >= 15 is 0 Å². The van der Waals surface area contributed by atoms with Gasteiger partial charge in [0.25, 0.3) is 0 Å². The smallest absolute Gasteiger partial charge is 0.0395 e. The molecule has 0 atom stereocenters. The van der Waals surface area contributed by atoms with Gasteiger partial charge in [-0.05, 0) is 55.0 Å². The van der Waals surface area contributed by atoms with Crippen LogP contribution in [0.2, 0.25) is 0 Å². The van der Waals surface area contributed by atoms with E-state index in [0.29, 0.717) is 5.92 Å². The third kappa shape index (κ3) is 2.90. The number of benzene rings is 2. The van der Waals surface area contributed by atoms with Gasteiger partial charge in [0.15, 0.2) is 0 Å². The molecule has 1 fully saturated rings. The Morgan fingerprint density at radius 1 is 0.950 bits per heavy atom. The van der Waals surface area contributed by atoms with Crippen molar-refractivity contribution >= 4 is 21.6 Å². The molecule has 2 aromatic rings.